The molecule has 2 aromatic rings. The molecular weight excluding hydrogens is 422 g/mol. The predicted molar refractivity (Wildman–Crippen MR) is 116 cm³/mol. The molecule has 1 aliphatic heterocycles. The third-order valence-electron chi connectivity index (χ3n) is 4.67. The van der Waals surface area contributed by atoms with E-state index >= 15 is 0 Å². The van der Waals surface area contributed by atoms with E-state index in [0.29, 0.717) is 30.2 Å². The molecule has 166 valence electrons. The molecule has 0 aromatic heterocycles. The number of carbonyl (C=O) groups excluding carboxylic acids is 2. The first-order valence-corrected chi connectivity index (χ1v) is 11.2. The summed E-state index contributed by atoms with van der Waals surface area (Å²) < 4.78 is 38.0. The molecule has 31 heavy (non-hydrogen) atoms. The van der Waals surface area contributed by atoms with Crippen molar-refractivity contribution in [2.24, 2.45) is 0 Å². The second kappa shape index (κ2) is 9.90. The lowest BCUT2D eigenvalue weighted by molar-refractivity contribution is -0.116. The highest BCUT2D eigenvalue weighted by Crippen LogP contribution is 2.28. The van der Waals surface area contributed by atoms with Crippen LogP contribution in [0.3, 0.4) is 0 Å². The number of amides is 2. The van der Waals surface area contributed by atoms with Gasteiger partial charge in [0.25, 0.3) is 0 Å². The molecule has 1 aliphatic rings. The third-order valence-corrected chi connectivity index (χ3v) is 6.59. The normalized spacial score (nSPS) is 14.6. The van der Waals surface area contributed by atoms with Gasteiger partial charge in [-0.15, -0.1) is 0 Å². The summed E-state index contributed by atoms with van der Waals surface area (Å²) in [6, 6.07) is 11.4. The van der Waals surface area contributed by atoms with Crippen LogP contribution in [-0.2, 0) is 30.8 Å². The fourth-order valence-electron chi connectivity index (χ4n) is 3.19. The molecule has 10 heteroatoms. The fraction of sp³-hybridized carbons (Fsp3) is 0.333. The summed E-state index contributed by atoms with van der Waals surface area (Å²) in [4.78, 5) is 23.6. The standard InChI is InChI=1S/C21H25N3O6S/c1-15(25)22-17-4-6-18(7-5-17)23-21(26)14-16-3-8-19(29-2)20(13-16)31(27,28)24-9-11-30-12-10-24/h3-8,13H,9-12,14H2,1-2H3,(H,22,25)(H,23,26). The molecule has 0 bridgehead atoms. The van der Waals surface area contributed by atoms with Crippen molar-refractivity contribution in [1.29, 1.82) is 0 Å². The number of nitrogens with one attached hydrogen (secondary N) is 2. The number of anilines is 2. The van der Waals surface area contributed by atoms with Crippen molar-refractivity contribution < 1.29 is 27.5 Å². The topological polar surface area (TPSA) is 114 Å². The maximum atomic E-state index is 13.1. The van der Waals surface area contributed by atoms with Gasteiger partial charge in [0.05, 0.1) is 26.7 Å². The maximum absolute atomic E-state index is 13.1. The number of methoxy groups -OCH3 is 1. The second-order valence-corrected chi connectivity index (χ2v) is 8.89. The highest BCUT2D eigenvalue weighted by Gasteiger charge is 2.29. The van der Waals surface area contributed by atoms with Crippen LogP contribution in [0.15, 0.2) is 47.4 Å². The Morgan fingerprint density at radius 3 is 2.23 bits per heavy atom. The Morgan fingerprint density at radius 2 is 1.65 bits per heavy atom. The number of hydrogen-bond donors (Lipinski definition) is 2. The summed E-state index contributed by atoms with van der Waals surface area (Å²) in [5, 5.41) is 5.41. The Hall–Kier alpha value is -2.95. The smallest absolute Gasteiger partial charge is 0.246 e. The van der Waals surface area contributed by atoms with Gasteiger partial charge in [-0.2, -0.15) is 4.31 Å². The SMILES string of the molecule is COc1ccc(CC(=O)Nc2ccc(NC(C)=O)cc2)cc1S(=O)(=O)N1CCOCC1. The molecule has 1 heterocycles. The van der Waals surface area contributed by atoms with Crippen molar-refractivity contribution in [3.8, 4) is 5.75 Å². The lowest BCUT2D eigenvalue weighted by Gasteiger charge is -2.26. The molecule has 2 N–H and O–H groups in total. The van der Waals surface area contributed by atoms with E-state index in [1.54, 1.807) is 36.4 Å². The van der Waals surface area contributed by atoms with E-state index in [-0.39, 0.29) is 42.0 Å². The van der Waals surface area contributed by atoms with Crippen LogP contribution in [0.25, 0.3) is 0 Å². The van der Waals surface area contributed by atoms with Crippen LogP contribution >= 0.6 is 0 Å². The number of carbonyl (C=O) groups is 2. The number of ether oxygens (including phenoxy) is 2. The number of morpholine rings is 1. The van der Waals surface area contributed by atoms with Crippen LogP contribution in [0, 0.1) is 0 Å². The zero-order valence-corrected chi connectivity index (χ0v) is 18.2. The summed E-state index contributed by atoms with van der Waals surface area (Å²) in [5.74, 6) is -0.254. The number of benzene rings is 2. The lowest BCUT2D eigenvalue weighted by atomic mass is 10.1. The molecular formula is C21H25N3O6S. The molecule has 9 nitrogen and oxygen atoms in total. The summed E-state index contributed by atoms with van der Waals surface area (Å²) in [6.07, 6.45) is -0.0108. The molecule has 0 saturated carbocycles. The van der Waals surface area contributed by atoms with E-state index in [0.717, 1.165) is 0 Å². The van der Waals surface area contributed by atoms with Crippen LogP contribution in [-0.4, -0.2) is 58.0 Å². The minimum Gasteiger partial charge on any atom is -0.495 e. The van der Waals surface area contributed by atoms with E-state index < -0.39 is 10.0 Å². The summed E-state index contributed by atoms with van der Waals surface area (Å²) in [6.45, 7) is 2.63. The highest BCUT2D eigenvalue weighted by molar-refractivity contribution is 7.89. The van der Waals surface area contributed by atoms with Crippen LogP contribution in [0.4, 0.5) is 11.4 Å². The average molecular weight is 448 g/mol. The Morgan fingerprint density at radius 1 is 1.03 bits per heavy atom. The van der Waals surface area contributed by atoms with Gasteiger partial charge in [0.1, 0.15) is 10.6 Å². The van der Waals surface area contributed by atoms with E-state index in [1.165, 1.54) is 24.4 Å². The molecule has 1 fully saturated rings. The predicted octanol–water partition coefficient (Wildman–Crippen LogP) is 1.86. The monoisotopic (exact) mass is 447 g/mol. The second-order valence-electron chi connectivity index (χ2n) is 6.99. The van der Waals surface area contributed by atoms with Crippen LogP contribution in [0.5, 0.6) is 5.75 Å². The van der Waals surface area contributed by atoms with Crippen molar-refractivity contribution in [1.82, 2.24) is 4.31 Å². The van der Waals surface area contributed by atoms with Gasteiger partial charge in [0, 0.05) is 31.4 Å². The first-order valence-electron chi connectivity index (χ1n) is 9.72. The van der Waals surface area contributed by atoms with Crippen LogP contribution in [0.1, 0.15) is 12.5 Å². The number of rotatable bonds is 7. The number of nitrogens with zero attached hydrogens (tertiary/aromatic N) is 1. The summed E-state index contributed by atoms with van der Waals surface area (Å²) >= 11 is 0. The van der Waals surface area contributed by atoms with Gasteiger partial charge < -0.3 is 20.1 Å². The van der Waals surface area contributed by atoms with Crippen molar-refractivity contribution in [2.75, 3.05) is 44.0 Å². The molecule has 0 unspecified atom stereocenters. The fourth-order valence-corrected chi connectivity index (χ4v) is 4.80. The van der Waals surface area contributed by atoms with E-state index in [2.05, 4.69) is 10.6 Å². The number of hydrogen-bond acceptors (Lipinski definition) is 6. The van der Waals surface area contributed by atoms with E-state index in [4.69, 9.17) is 9.47 Å². The zero-order valence-electron chi connectivity index (χ0n) is 17.4. The first-order chi connectivity index (χ1) is 14.8. The maximum Gasteiger partial charge on any atom is 0.246 e. The van der Waals surface area contributed by atoms with Gasteiger partial charge in [-0.05, 0) is 42.0 Å². The van der Waals surface area contributed by atoms with Crippen molar-refractivity contribution >= 4 is 33.2 Å². The summed E-state index contributed by atoms with van der Waals surface area (Å²) in [7, 11) is -2.37. The van der Waals surface area contributed by atoms with Gasteiger partial charge in [-0.25, -0.2) is 8.42 Å². The van der Waals surface area contributed by atoms with Crippen molar-refractivity contribution in [2.45, 2.75) is 18.2 Å². The van der Waals surface area contributed by atoms with Gasteiger partial charge >= 0.3 is 0 Å². The van der Waals surface area contributed by atoms with Gasteiger partial charge in [0.15, 0.2) is 0 Å². The molecule has 3 rings (SSSR count). The quantitative estimate of drug-likeness (QED) is 0.670. The Balaban J connectivity index is 1.73. The highest BCUT2D eigenvalue weighted by atomic mass is 32.2. The van der Waals surface area contributed by atoms with E-state index in [9.17, 15) is 18.0 Å². The van der Waals surface area contributed by atoms with Gasteiger partial charge in [-0.1, -0.05) is 6.07 Å². The third kappa shape index (κ3) is 5.81. The minimum atomic E-state index is -3.77. The molecule has 0 radical (unpaired) electrons. The lowest BCUT2D eigenvalue weighted by Crippen LogP contribution is -2.40. The van der Waals surface area contributed by atoms with Crippen LogP contribution < -0.4 is 15.4 Å². The van der Waals surface area contributed by atoms with Crippen LogP contribution in [0.2, 0.25) is 0 Å². The number of sulfonamides is 1. The van der Waals surface area contributed by atoms with Gasteiger partial charge in [-0.3, -0.25) is 9.59 Å². The largest absolute Gasteiger partial charge is 0.495 e. The molecule has 1 saturated heterocycles. The summed E-state index contributed by atoms with van der Waals surface area (Å²) in [5.41, 5.74) is 1.73. The van der Waals surface area contributed by atoms with E-state index in [1.807, 2.05) is 0 Å². The molecule has 2 aromatic carbocycles. The minimum absolute atomic E-state index is 0.0108. The first kappa shape index (κ1) is 22.7. The molecule has 0 aliphatic carbocycles. The van der Waals surface area contributed by atoms with Crippen molar-refractivity contribution in [3.05, 3.63) is 48.0 Å². The average Bonchev–Trinajstić information content (AvgIpc) is 2.75. The Kier molecular flexibility index (Phi) is 7.26. The zero-order chi connectivity index (χ0) is 22.4. The molecule has 0 spiro atoms. The Bertz CT molecular complexity index is 1050. The Labute approximate surface area is 181 Å². The van der Waals surface area contributed by atoms with Gasteiger partial charge in [0.2, 0.25) is 21.8 Å². The van der Waals surface area contributed by atoms with Crippen molar-refractivity contribution in [3.63, 3.8) is 0 Å². The molecule has 0 atom stereocenters. The molecule has 2 amide bonds.